The van der Waals surface area contributed by atoms with Crippen molar-refractivity contribution >= 4 is 28.0 Å². The summed E-state index contributed by atoms with van der Waals surface area (Å²) < 4.78 is 0.193. The van der Waals surface area contributed by atoms with E-state index in [1.165, 1.54) is 12.1 Å². The fourth-order valence-electron chi connectivity index (χ4n) is 1.11. The molecule has 0 amide bonds. The predicted molar refractivity (Wildman–Crippen MR) is 56.9 cm³/mol. The van der Waals surface area contributed by atoms with Gasteiger partial charge in [-0.3, -0.25) is 9.59 Å². The molecule has 0 spiro atoms. The van der Waals surface area contributed by atoms with Gasteiger partial charge in [-0.05, 0) is 34.0 Å². The highest BCUT2D eigenvalue weighted by Gasteiger charge is 2.10. The largest absolute Gasteiger partial charge is 0.507 e. The lowest BCUT2D eigenvalue weighted by molar-refractivity contribution is -0.129. The highest BCUT2D eigenvalue weighted by molar-refractivity contribution is 9.10. The van der Waals surface area contributed by atoms with Crippen LogP contribution in [0, 0.1) is 0 Å². The van der Waals surface area contributed by atoms with Gasteiger partial charge in [-0.2, -0.15) is 0 Å². The van der Waals surface area contributed by atoms with Gasteiger partial charge in [0.15, 0.2) is 12.1 Å². The van der Waals surface area contributed by atoms with Crippen LogP contribution in [0.3, 0.4) is 0 Å². The van der Waals surface area contributed by atoms with E-state index in [-0.39, 0.29) is 35.1 Å². The molecule has 2 N–H and O–H groups in total. The zero-order valence-electron chi connectivity index (χ0n) is 7.74. The minimum Gasteiger partial charge on any atom is -0.507 e. The van der Waals surface area contributed by atoms with E-state index in [9.17, 15) is 19.8 Å². The number of carbonyl (C=O) groups excluding carboxylic acids is 2. The van der Waals surface area contributed by atoms with Gasteiger partial charge in [0.25, 0.3) is 0 Å². The van der Waals surface area contributed by atoms with E-state index in [2.05, 4.69) is 15.9 Å². The van der Waals surface area contributed by atoms with Gasteiger partial charge in [0.1, 0.15) is 16.0 Å². The van der Waals surface area contributed by atoms with Crippen LogP contribution < -0.4 is 0 Å². The Balaban J connectivity index is 2.83. The van der Waals surface area contributed by atoms with Crippen LogP contribution in [0.5, 0.6) is 11.5 Å². The molecule has 0 aliphatic heterocycles. The predicted octanol–water partition coefficient (Wildman–Crippen LogP) is 1.56. The highest BCUT2D eigenvalue weighted by atomic mass is 79.9. The molecule has 0 bridgehead atoms. The number of phenols is 2. The summed E-state index contributed by atoms with van der Waals surface area (Å²) >= 11 is 3.00. The van der Waals surface area contributed by atoms with Crippen molar-refractivity contribution in [2.75, 3.05) is 0 Å². The number of hydrogen-bond donors (Lipinski definition) is 2. The summed E-state index contributed by atoms with van der Waals surface area (Å²) in [5.74, 6) is -0.690. The van der Waals surface area contributed by atoms with Crippen LogP contribution >= 0.6 is 15.9 Å². The number of aldehydes is 1. The van der Waals surface area contributed by atoms with E-state index in [0.717, 1.165) is 0 Å². The van der Waals surface area contributed by atoms with Crippen molar-refractivity contribution < 1.29 is 19.8 Å². The molecule has 0 radical (unpaired) electrons. The number of rotatable bonds is 4. The van der Waals surface area contributed by atoms with E-state index in [4.69, 9.17) is 0 Å². The van der Waals surface area contributed by atoms with Crippen LogP contribution in [0.1, 0.15) is 12.0 Å². The van der Waals surface area contributed by atoms with Gasteiger partial charge in [-0.1, -0.05) is 6.07 Å². The first-order valence-electron chi connectivity index (χ1n) is 4.23. The number of phenolic OH excluding ortho intramolecular Hbond substituents is 2. The molecule has 0 aliphatic carbocycles. The number of Topliss-reactive ketones (excluding diaryl/α,β-unsaturated/α-hetero) is 1. The molecule has 0 fully saturated rings. The number of ketones is 1. The van der Waals surface area contributed by atoms with Crippen LogP contribution in [0.2, 0.25) is 0 Å². The van der Waals surface area contributed by atoms with Crippen molar-refractivity contribution in [1.82, 2.24) is 0 Å². The normalized spacial score (nSPS) is 9.93. The van der Waals surface area contributed by atoms with Crippen molar-refractivity contribution in [3.8, 4) is 11.5 Å². The maximum Gasteiger partial charge on any atom is 0.195 e. The summed E-state index contributed by atoms with van der Waals surface area (Å²) in [6.07, 6.45) is 0.572. The Kier molecular flexibility index (Phi) is 3.85. The second kappa shape index (κ2) is 4.93. The zero-order valence-corrected chi connectivity index (χ0v) is 9.32. The molecule has 0 heterocycles. The third kappa shape index (κ3) is 2.79. The monoisotopic (exact) mass is 272 g/mol. The van der Waals surface area contributed by atoms with Gasteiger partial charge in [0, 0.05) is 6.42 Å². The lowest BCUT2D eigenvalue weighted by Crippen LogP contribution is -2.00. The summed E-state index contributed by atoms with van der Waals surface area (Å²) in [6.45, 7) is 0. The highest BCUT2D eigenvalue weighted by Crippen LogP contribution is 2.35. The molecule has 0 atom stereocenters. The quantitative estimate of drug-likeness (QED) is 0.645. The first-order chi connectivity index (χ1) is 7.06. The molecule has 1 rings (SSSR count). The number of halogens is 1. The molecule has 0 aliphatic rings. The molecule has 1 aromatic carbocycles. The minimum absolute atomic E-state index is 0.0499. The third-order valence-corrected chi connectivity index (χ3v) is 2.73. The summed E-state index contributed by atoms with van der Waals surface area (Å²) in [5.41, 5.74) is 0.509. The molecule has 4 nitrogen and oxygen atoms in total. The molecule has 1 aromatic rings. The molecule has 15 heavy (non-hydrogen) atoms. The number of aryl methyl sites for hydroxylation is 1. The van der Waals surface area contributed by atoms with E-state index < -0.39 is 5.78 Å². The molecule has 0 saturated heterocycles. The van der Waals surface area contributed by atoms with Gasteiger partial charge in [-0.25, -0.2) is 0 Å². The van der Waals surface area contributed by atoms with Crippen LogP contribution in [0.25, 0.3) is 0 Å². The maximum atomic E-state index is 10.7. The van der Waals surface area contributed by atoms with Gasteiger partial charge >= 0.3 is 0 Å². The Bertz CT molecular complexity index is 401. The molecular weight excluding hydrogens is 264 g/mol. The average molecular weight is 273 g/mol. The van der Waals surface area contributed by atoms with Crippen LogP contribution in [0.4, 0.5) is 0 Å². The van der Waals surface area contributed by atoms with Crippen LogP contribution in [0.15, 0.2) is 16.6 Å². The fraction of sp³-hybridized carbons (Fsp3) is 0.200. The summed E-state index contributed by atoms with van der Waals surface area (Å²) in [5, 5.41) is 18.8. The van der Waals surface area contributed by atoms with Gasteiger partial charge in [0.05, 0.1) is 0 Å². The Hall–Kier alpha value is -1.36. The second-order valence-corrected chi connectivity index (χ2v) is 3.78. The van der Waals surface area contributed by atoms with Crippen molar-refractivity contribution in [2.24, 2.45) is 0 Å². The Morgan fingerprint density at radius 1 is 1.40 bits per heavy atom. The zero-order chi connectivity index (χ0) is 11.4. The van der Waals surface area contributed by atoms with E-state index in [1.54, 1.807) is 0 Å². The SMILES string of the molecule is O=CC(=O)CCc1ccc(O)c(Br)c1O. The average Bonchev–Trinajstić information content (AvgIpc) is 2.24. The first kappa shape index (κ1) is 11.7. The van der Waals surface area contributed by atoms with Crippen LogP contribution in [-0.2, 0) is 16.0 Å². The summed E-state index contributed by atoms with van der Waals surface area (Å²) in [6, 6.07) is 2.91. The van der Waals surface area contributed by atoms with E-state index >= 15 is 0 Å². The molecule has 0 unspecified atom stereocenters. The number of aromatic hydroxyl groups is 2. The molecule has 0 aromatic heterocycles. The standard InChI is InChI=1S/C10H9BrO4/c11-9-8(14)4-2-6(10(9)15)1-3-7(13)5-12/h2,4-5,14-15H,1,3H2. The molecular formula is C10H9BrO4. The number of carbonyl (C=O) groups is 2. The van der Waals surface area contributed by atoms with Gasteiger partial charge in [-0.15, -0.1) is 0 Å². The van der Waals surface area contributed by atoms with E-state index in [1.807, 2.05) is 0 Å². The fourth-order valence-corrected chi connectivity index (χ4v) is 1.50. The second-order valence-electron chi connectivity index (χ2n) is 2.99. The number of hydrogen-bond acceptors (Lipinski definition) is 4. The number of benzene rings is 1. The topological polar surface area (TPSA) is 74.6 Å². The van der Waals surface area contributed by atoms with Crippen molar-refractivity contribution in [3.63, 3.8) is 0 Å². The Morgan fingerprint density at radius 3 is 2.67 bits per heavy atom. The third-order valence-electron chi connectivity index (χ3n) is 1.95. The van der Waals surface area contributed by atoms with Crippen molar-refractivity contribution in [1.29, 1.82) is 0 Å². The first-order valence-corrected chi connectivity index (χ1v) is 5.03. The maximum absolute atomic E-state index is 10.7. The minimum atomic E-state index is -0.515. The van der Waals surface area contributed by atoms with Crippen molar-refractivity contribution in [3.05, 3.63) is 22.2 Å². The lowest BCUT2D eigenvalue weighted by Gasteiger charge is -2.06. The lowest BCUT2D eigenvalue weighted by atomic mass is 10.1. The molecule has 0 saturated carbocycles. The Labute approximate surface area is 94.7 Å². The van der Waals surface area contributed by atoms with Crippen molar-refractivity contribution in [2.45, 2.75) is 12.8 Å². The van der Waals surface area contributed by atoms with E-state index in [0.29, 0.717) is 5.56 Å². The summed E-state index contributed by atoms with van der Waals surface area (Å²) in [4.78, 5) is 20.8. The smallest absolute Gasteiger partial charge is 0.195 e. The summed E-state index contributed by atoms with van der Waals surface area (Å²) in [7, 11) is 0. The molecule has 80 valence electrons. The van der Waals surface area contributed by atoms with Gasteiger partial charge in [0.2, 0.25) is 0 Å². The Morgan fingerprint density at radius 2 is 2.07 bits per heavy atom. The van der Waals surface area contributed by atoms with Crippen LogP contribution in [-0.4, -0.2) is 22.3 Å². The van der Waals surface area contributed by atoms with Gasteiger partial charge < -0.3 is 10.2 Å². The molecule has 5 heteroatoms.